The largest absolute Gasteiger partial charge is 0.158 e. The molecule has 0 bridgehead atoms. The molecule has 1 saturated heterocycles. The first-order valence-corrected chi connectivity index (χ1v) is 5.29. The van der Waals surface area contributed by atoms with Crippen molar-refractivity contribution in [2.75, 3.05) is 5.75 Å². The summed E-state index contributed by atoms with van der Waals surface area (Å²) in [6, 6.07) is 0. The summed E-state index contributed by atoms with van der Waals surface area (Å²) < 4.78 is 0. The highest BCUT2D eigenvalue weighted by Gasteiger charge is 2.32. The van der Waals surface area contributed by atoms with Crippen molar-refractivity contribution in [3.8, 4) is 0 Å². The molecule has 1 aliphatic rings. The van der Waals surface area contributed by atoms with E-state index in [1.807, 2.05) is 0 Å². The van der Waals surface area contributed by atoms with Crippen molar-refractivity contribution >= 4 is 11.8 Å². The van der Waals surface area contributed by atoms with Crippen molar-refractivity contribution in [3.63, 3.8) is 0 Å². The number of hydrogen-bond donors (Lipinski definition) is 0. The molecule has 1 fully saturated rings. The van der Waals surface area contributed by atoms with Crippen molar-refractivity contribution in [3.05, 3.63) is 0 Å². The van der Waals surface area contributed by atoms with E-state index < -0.39 is 0 Å². The van der Waals surface area contributed by atoms with Gasteiger partial charge in [-0.25, -0.2) is 0 Å². The van der Waals surface area contributed by atoms with E-state index in [0.29, 0.717) is 0 Å². The molecule has 0 radical (unpaired) electrons. The number of hydrogen-bond acceptors (Lipinski definition) is 1. The zero-order chi connectivity index (χ0) is 7.72. The maximum Gasteiger partial charge on any atom is 0.00523 e. The van der Waals surface area contributed by atoms with Gasteiger partial charge in [-0.15, -0.1) is 0 Å². The molecule has 0 nitrogen and oxygen atoms in total. The van der Waals surface area contributed by atoms with Crippen LogP contribution in [0.5, 0.6) is 0 Å². The molecule has 0 amide bonds. The minimum atomic E-state index is 0.875. The lowest BCUT2D eigenvalue weighted by Gasteiger charge is -2.22. The van der Waals surface area contributed by atoms with Gasteiger partial charge in [-0.1, -0.05) is 27.7 Å². The highest BCUT2D eigenvalue weighted by molar-refractivity contribution is 8.00. The highest BCUT2D eigenvalue weighted by atomic mass is 32.2. The van der Waals surface area contributed by atoms with Crippen LogP contribution in [-0.2, 0) is 0 Å². The van der Waals surface area contributed by atoms with Crippen LogP contribution in [0.25, 0.3) is 0 Å². The maximum atomic E-state index is 2.39. The van der Waals surface area contributed by atoms with Crippen molar-refractivity contribution in [2.45, 2.75) is 32.9 Å². The molecule has 0 aromatic rings. The molecular formula is C9H18S. The zero-order valence-electron chi connectivity index (χ0n) is 7.42. The van der Waals surface area contributed by atoms with Gasteiger partial charge in [-0.2, -0.15) is 11.8 Å². The molecule has 0 N–H and O–H groups in total. The van der Waals surface area contributed by atoms with Crippen LogP contribution in [0, 0.1) is 17.8 Å². The quantitative estimate of drug-likeness (QED) is 0.565. The fourth-order valence-electron chi connectivity index (χ4n) is 2.19. The predicted octanol–water partition coefficient (Wildman–Crippen LogP) is 3.03. The monoisotopic (exact) mass is 158 g/mol. The van der Waals surface area contributed by atoms with Crippen LogP contribution in [0.4, 0.5) is 0 Å². The highest BCUT2D eigenvalue weighted by Crippen LogP contribution is 2.40. The molecular weight excluding hydrogens is 140 g/mol. The van der Waals surface area contributed by atoms with Crippen LogP contribution in [0.3, 0.4) is 0 Å². The fraction of sp³-hybridized carbons (Fsp3) is 1.00. The van der Waals surface area contributed by atoms with Crippen LogP contribution in [0.1, 0.15) is 27.7 Å². The molecule has 3 atom stereocenters. The molecule has 0 aromatic heterocycles. The van der Waals surface area contributed by atoms with E-state index in [2.05, 4.69) is 39.5 Å². The smallest absolute Gasteiger partial charge is 0.00523 e. The molecule has 0 saturated carbocycles. The van der Waals surface area contributed by atoms with Crippen LogP contribution < -0.4 is 0 Å². The van der Waals surface area contributed by atoms with E-state index >= 15 is 0 Å². The van der Waals surface area contributed by atoms with E-state index in [1.165, 1.54) is 5.75 Å². The summed E-state index contributed by atoms with van der Waals surface area (Å²) in [6.45, 7) is 9.47. The van der Waals surface area contributed by atoms with E-state index in [-0.39, 0.29) is 0 Å². The van der Waals surface area contributed by atoms with Crippen LogP contribution >= 0.6 is 11.8 Å². The van der Waals surface area contributed by atoms with Gasteiger partial charge >= 0.3 is 0 Å². The number of thioether (sulfide) groups is 1. The maximum absolute atomic E-state index is 2.39. The first kappa shape index (κ1) is 8.45. The lowest BCUT2D eigenvalue weighted by atomic mass is 9.84. The first-order valence-electron chi connectivity index (χ1n) is 4.24. The van der Waals surface area contributed by atoms with Crippen LogP contribution in [0.15, 0.2) is 0 Å². The second-order valence-corrected chi connectivity index (χ2v) is 5.25. The van der Waals surface area contributed by atoms with E-state index in [9.17, 15) is 0 Å². The standard InChI is InChI=1S/C9H18S/c1-6(2)9-7(3)5-10-8(9)4/h6-9H,5H2,1-4H3. The van der Waals surface area contributed by atoms with E-state index in [1.54, 1.807) is 0 Å². The molecule has 0 aromatic carbocycles. The van der Waals surface area contributed by atoms with Crippen molar-refractivity contribution in [1.29, 1.82) is 0 Å². The first-order chi connectivity index (χ1) is 4.63. The Morgan fingerprint density at radius 3 is 2.10 bits per heavy atom. The van der Waals surface area contributed by atoms with Crippen LogP contribution in [0.2, 0.25) is 0 Å². The molecule has 1 heterocycles. The third-order valence-corrected chi connectivity index (χ3v) is 4.15. The summed E-state index contributed by atoms with van der Waals surface area (Å²) >= 11 is 2.14. The molecule has 1 rings (SSSR count). The Balaban J connectivity index is 2.54. The Morgan fingerprint density at radius 2 is 1.90 bits per heavy atom. The number of rotatable bonds is 1. The van der Waals surface area contributed by atoms with Gasteiger partial charge in [0, 0.05) is 5.25 Å². The van der Waals surface area contributed by atoms with Gasteiger partial charge in [-0.3, -0.25) is 0 Å². The topological polar surface area (TPSA) is 0 Å². The molecule has 0 aliphatic carbocycles. The zero-order valence-corrected chi connectivity index (χ0v) is 8.24. The molecule has 60 valence electrons. The Morgan fingerprint density at radius 1 is 1.30 bits per heavy atom. The van der Waals surface area contributed by atoms with Crippen molar-refractivity contribution < 1.29 is 0 Å². The van der Waals surface area contributed by atoms with Gasteiger partial charge in [0.15, 0.2) is 0 Å². The molecule has 3 unspecified atom stereocenters. The van der Waals surface area contributed by atoms with Gasteiger partial charge in [0.2, 0.25) is 0 Å². The normalized spacial score (nSPS) is 41.1. The van der Waals surface area contributed by atoms with E-state index in [0.717, 1.165) is 23.0 Å². The SMILES string of the molecule is CC(C)C1C(C)CSC1C. The predicted molar refractivity (Wildman–Crippen MR) is 49.4 cm³/mol. The Bertz CT molecular complexity index is 99.3. The molecule has 1 aliphatic heterocycles. The Labute approximate surface area is 68.8 Å². The van der Waals surface area contributed by atoms with Gasteiger partial charge < -0.3 is 0 Å². The Hall–Kier alpha value is 0.350. The average molecular weight is 158 g/mol. The van der Waals surface area contributed by atoms with Crippen molar-refractivity contribution in [2.24, 2.45) is 17.8 Å². The summed E-state index contributed by atoms with van der Waals surface area (Å²) in [4.78, 5) is 0. The summed E-state index contributed by atoms with van der Waals surface area (Å²) in [5.41, 5.74) is 0. The van der Waals surface area contributed by atoms with Crippen LogP contribution in [-0.4, -0.2) is 11.0 Å². The molecule has 1 heteroatoms. The van der Waals surface area contributed by atoms with Gasteiger partial charge in [0.1, 0.15) is 0 Å². The second kappa shape index (κ2) is 3.17. The van der Waals surface area contributed by atoms with Gasteiger partial charge in [-0.05, 0) is 23.5 Å². The summed E-state index contributed by atoms with van der Waals surface area (Å²) in [6.07, 6.45) is 0. The average Bonchev–Trinajstić information content (AvgIpc) is 2.11. The second-order valence-electron chi connectivity index (χ2n) is 3.84. The third-order valence-electron chi connectivity index (χ3n) is 2.59. The lowest BCUT2D eigenvalue weighted by Crippen LogP contribution is -2.20. The Kier molecular flexibility index (Phi) is 2.67. The lowest BCUT2D eigenvalue weighted by molar-refractivity contribution is 0.307. The summed E-state index contributed by atoms with van der Waals surface area (Å²) in [5.74, 6) is 4.16. The fourth-order valence-corrected chi connectivity index (χ4v) is 3.82. The third kappa shape index (κ3) is 1.50. The minimum Gasteiger partial charge on any atom is -0.158 e. The summed E-state index contributed by atoms with van der Waals surface area (Å²) in [7, 11) is 0. The molecule has 0 spiro atoms. The van der Waals surface area contributed by atoms with Gasteiger partial charge in [0.05, 0.1) is 0 Å². The van der Waals surface area contributed by atoms with Gasteiger partial charge in [0.25, 0.3) is 0 Å². The van der Waals surface area contributed by atoms with E-state index in [4.69, 9.17) is 0 Å². The summed E-state index contributed by atoms with van der Waals surface area (Å²) in [5, 5.41) is 0.898. The minimum absolute atomic E-state index is 0.875. The molecule has 10 heavy (non-hydrogen) atoms. The van der Waals surface area contributed by atoms with Crippen molar-refractivity contribution in [1.82, 2.24) is 0 Å².